The van der Waals surface area contributed by atoms with Gasteiger partial charge in [0, 0.05) is 0 Å². The van der Waals surface area contributed by atoms with Crippen LogP contribution in [0.5, 0.6) is 17.2 Å². The van der Waals surface area contributed by atoms with Crippen molar-refractivity contribution in [3.63, 3.8) is 0 Å². The van der Waals surface area contributed by atoms with Crippen LogP contribution in [0.1, 0.15) is 0 Å². The molecule has 2 aromatic rings. The number of ether oxygens (including phenoxy) is 1. The summed E-state index contributed by atoms with van der Waals surface area (Å²) in [6.07, 6.45) is 0. The third-order valence-corrected chi connectivity index (χ3v) is 2.37. The Labute approximate surface area is 91.6 Å². The van der Waals surface area contributed by atoms with Gasteiger partial charge in [-0.05, 0) is 23.4 Å². The molecule has 2 aromatic carbocycles. The van der Waals surface area contributed by atoms with E-state index in [1.165, 1.54) is 0 Å². The van der Waals surface area contributed by atoms with Gasteiger partial charge in [0.2, 0.25) is 0 Å². The lowest BCUT2D eigenvalue weighted by molar-refractivity contribution is 0.414. The standard InChI is InChI=1S/C12H9O2Si/c13-12-10(7-4-8-11(12)15)14-9-5-2-1-3-6-9/h1-8,13H. The van der Waals surface area contributed by atoms with Gasteiger partial charge in [-0.15, -0.1) is 0 Å². The van der Waals surface area contributed by atoms with E-state index in [2.05, 4.69) is 10.2 Å². The molecule has 0 heterocycles. The van der Waals surface area contributed by atoms with Gasteiger partial charge in [-0.1, -0.05) is 30.3 Å². The topological polar surface area (TPSA) is 29.5 Å². The third kappa shape index (κ3) is 2.19. The minimum absolute atomic E-state index is 0.109. The molecule has 0 aliphatic carbocycles. The van der Waals surface area contributed by atoms with Crippen molar-refractivity contribution < 1.29 is 9.84 Å². The van der Waals surface area contributed by atoms with Gasteiger partial charge < -0.3 is 9.84 Å². The molecule has 0 amide bonds. The molecule has 0 aliphatic heterocycles. The Morgan fingerprint density at radius 3 is 2.40 bits per heavy atom. The number of rotatable bonds is 2. The smallest absolute Gasteiger partial charge is 0.168 e. The highest BCUT2D eigenvalue weighted by molar-refractivity contribution is 6.34. The van der Waals surface area contributed by atoms with Gasteiger partial charge in [-0.2, -0.15) is 0 Å². The van der Waals surface area contributed by atoms with Crippen LogP contribution >= 0.6 is 0 Å². The lowest BCUT2D eigenvalue weighted by atomic mass is 10.3. The summed E-state index contributed by atoms with van der Waals surface area (Å²) in [4.78, 5) is 0. The summed E-state index contributed by atoms with van der Waals surface area (Å²) in [5.74, 6) is 1.25. The summed E-state index contributed by atoms with van der Waals surface area (Å²) in [7, 11) is 3.28. The zero-order valence-electron chi connectivity index (χ0n) is 7.97. The van der Waals surface area contributed by atoms with Crippen LogP contribution in [0.25, 0.3) is 0 Å². The molecule has 2 rings (SSSR count). The molecule has 0 atom stereocenters. The molecule has 73 valence electrons. The van der Waals surface area contributed by atoms with Crippen molar-refractivity contribution in [3.8, 4) is 17.2 Å². The van der Waals surface area contributed by atoms with E-state index in [0.29, 0.717) is 16.7 Å². The molecule has 0 unspecified atom stereocenters. The second-order valence-corrected chi connectivity index (χ2v) is 3.61. The Bertz CT molecular complexity index is 454. The molecule has 0 bridgehead atoms. The van der Waals surface area contributed by atoms with Crippen LogP contribution in [0, 0.1) is 0 Å². The highest BCUT2D eigenvalue weighted by Gasteiger charge is 2.04. The molecule has 0 fully saturated rings. The average molecular weight is 213 g/mol. The number of benzene rings is 2. The van der Waals surface area contributed by atoms with Crippen molar-refractivity contribution >= 4 is 15.4 Å². The summed E-state index contributed by atoms with van der Waals surface area (Å²) in [6, 6.07) is 14.6. The number of phenols is 1. The van der Waals surface area contributed by atoms with Gasteiger partial charge in [0.15, 0.2) is 11.5 Å². The molecule has 1 N–H and O–H groups in total. The van der Waals surface area contributed by atoms with E-state index in [-0.39, 0.29) is 5.75 Å². The zero-order chi connectivity index (χ0) is 10.7. The van der Waals surface area contributed by atoms with Crippen LogP contribution in [0.15, 0.2) is 48.5 Å². The molecular formula is C12H9O2Si. The van der Waals surface area contributed by atoms with Crippen LogP contribution in [0.4, 0.5) is 0 Å². The van der Waals surface area contributed by atoms with Crippen molar-refractivity contribution in [2.45, 2.75) is 0 Å². The van der Waals surface area contributed by atoms with Crippen molar-refractivity contribution in [2.75, 3.05) is 0 Å². The van der Waals surface area contributed by atoms with Gasteiger partial charge in [0.1, 0.15) is 5.75 Å². The van der Waals surface area contributed by atoms with Gasteiger partial charge in [-0.25, -0.2) is 0 Å². The van der Waals surface area contributed by atoms with Gasteiger partial charge >= 0.3 is 0 Å². The lowest BCUT2D eigenvalue weighted by Crippen LogP contribution is -2.02. The molecule has 15 heavy (non-hydrogen) atoms. The first-order chi connectivity index (χ1) is 7.27. The van der Waals surface area contributed by atoms with Crippen molar-refractivity contribution in [1.82, 2.24) is 0 Å². The Hall–Kier alpha value is -1.74. The van der Waals surface area contributed by atoms with Gasteiger partial charge in [-0.3, -0.25) is 0 Å². The summed E-state index contributed by atoms with van der Waals surface area (Å²) in [6.45, 7) is 0. The minimum atomic E-state index is 0.109. The van der Waals surface area contributed by atoms with E-state index in [0.717, 1.165) is 0 Å². The van der Waals surface area contributed by atoms with E-state index in [4.69, 9.17) is 4.74 Å². The van der Waals surface area contributed by atoms with E-state index in [1.807, 2.05) is 30.3 Å². The average Bonchev–Trinajstić information content (AvgIpc) is 2.26. The number of hydrogen-bond donors (Lipinski definition) is 1. The number of hydrogen-bond acceptors (Lipinski definition) is 2. The highest BCUT2D eigenvalue weighted by atomic mass is 28.1. The first-order valence-corrected chi connectivity index (χ1v) is 5.04. The van der Waals surface area contributed by atoms with Crippen LogP contribution in [-0.4, -0.2) is 15.3 Å². The molecule has 2 nitrogen and oxygen atoms in total. The van der Waals surface area contributed by atoms with E-state index in [1.54, 1.807) is 18.2 Å². The summed E-state index contributed by atoms with van der Waals surface area (Å²) in [5, 5.41) is 10.3. The molecule has 0 saturated heterocycles. The Kier molecular flexibility index (Phi) is 2.74. The Balaban J connectivity index is 2.29. The van der Waals surface area contributed by atoms with Crippen LogP contribution in [0.3, 0.4) is 0 Å². The van der Waals surface area contributed by atoms with E-state index >= 15 is 0 Å². The third-order valence-electron chi connectivity index (χ3n) is 1.97. The summed E-state index contributed by atoms with van der Waals surface area (Å²) in [5.41, 5.74) is 0. The SMILES string of the molecule is Oc1c([Si])cccc1Oc1ccccc1. The van der Waals surface area contributed by atoms with Crippen molar-refractivity contribution in [3.05, 3.63) is 48.5 Å². The predicted octanol–water partition coefficient (Wildman–Crippen LogP) is 1.98. The monoisotopic (exact) mass is 213 g/mol. The molecule has 3 heteroatoms. The maximum Gasteiger partial charge on any atom is 0.168 e. The number of aromatic hydroxyl groups is 1. The second-order valence-electron chi connectivity index (χ2n) is 3.07. The second kappa shape index (κ2) is 4.19. The first kappa shape index (κ1) is 9.80. The maximum absolute atomic E-state index is 9.69. The predicted molar refractivity (Wildman–Crippen MR) is 60.0 cm³/mol. The van der Waals surface area contributed by atoms with Crippen molar-refractivity contribution in [1.29, 1.82) is 0 Å². The summed E-state index contributed by atoms with van der Waals surface area (Å²) >= 11 is 0. The fraction of sp³-hybridized carbons (Fsp3) is 0. The maximum atomic E-state index is 9.69. The molecule has 0 aliphatic rings. The highest BCUT2D eigenvalue weighted by Crippen LogP contribution is 2.27. The fourth-order valence-corrected chi connectivity index (χ4v) is 1.44. The van der Waals surface area contributed by atoms with Crippen LogP contribution < -0.4 is 9.92 Å². The van der Waals surface area contributed by atoms with E-state index < -0.39 is 0 Å². The molecular weight excluding hydrogens is 204 g/mol. The Morgan fingerprint density at radius 2 is 1.67 bits per heavy atom. The number of phenolic OH excluding ortho intramolecular Hbond substituents is 1. The van der Waals surface area contributed by atoms with Crippen LogP contribution in [0.2, 0.25) is 0 Å². The number of para-hydroxylation sites is 2. The van der Waals surface area contributed by atoms with Gasteiger partial charge in [0.25, 0.3) is 0 Å². The van der Waals surface area contributed by atoms with Gasteiger partial charge in [0.05, 0.1) is 10.2 Å². The van der Waals surface area contributed by atoms with Crippen molar-refractivity contribution in [2.24, 2.45) is 0 Å². The van der Waals surface area contributed by atoms with Crippen LogP contribution in [-0.2, 0) is 0 Å². The zero-order valence-corrected chi connectivity index (χ0v) is 8.97. The first-order valence-electron chi connectivity index (χ1n) is 4.54. The molecule has 0 aromatic heterocycles. The molecule has 0 saturated carbocycles. The minimum Gasteiger partial charge on any atom is -0.504 e. The normalized spacial score (nSPS) is 9.93. The molecule has 3 radical (unpaired) electrons. The lowest BCUT2D eigenvalue weighted by Gasteiger charge is -2.08. The molecule has 0 spiro atoms. The quantitative estimate of drug-likeness (QED) is 0.773. The van der Waals surface area contributed by atoms with E-state index in [9.17, 15) is 5.11 Å². The Morgan fingerprint density at radius 1 is 0.933 bits per heavy atom. The largest absolute Gasteiger partial charge is 0.504 e. The summed E-state index contributed by atoms with van der Waals surface area (Å²) < 4.78 is 5.51. The fourth-order valence-electron chi connectivity index (χ4n) is 1.22.